The first-order valence-electron chi connectivity index (χ1n) is 7.45. The highest BCUT2D eigenvalue weighted by molar-refractivity contribution is 5.95. The van der Waals surface area contributed by atoms with Gasteiger partial charge in [0.05, 0.1) is 12.6 Å². The van der Waals surface area contributed by atoms with Gasteiger partial charge in [0.1, 0.15) is 6.04 Å². The molecule has 19 heavy (non-hydrogen) atoms. The minimum atomic E-state index is -0.181. The fourth-order valence-electron chi connectivity index (χ4n) is 3.39. The molecule has 0 aromatic carbocycles. The van der Waals surface area contributed by atoms with Gasteiger partial charge in [-0.25, -0.2) is 0 Å². The van der Waals surface area contributed by atoms with Gasteiger partial charge in [-0.15, -0.1) is 0 Å². The second-order valence-corrected chi connectivity index (χ2v) is 5.78. The van der Waals surface area contributed by atoms with E-state index in [-0.39, 0.29) is 30.5 Å². The van der Waals surface area contributed by atoms with Crippen LogP contribution in [0.5, 0.6) is 0 Å². The van der Waals surface area contributed by atoms with E-state index in [9.17, 15) is 9.59 Å². The van der Waals surface area contributed by atoms with Gasteiger partial charge in [0.25, 0.3) is 0 Å². The number of rotatable bonds is 3. The summed E-state index contributed by atoms with van der Waals surface area (Å²) in [4.78, 5) is 28.0. The van der Waals surface area contributed by atoms with E-state index in [1.807, 2.05) is 0 Å². The Balaban J connectivity index is 1.59. The summed E-state index contributed by atoms with van der Waals surface area (Å²) in [5.74, 6) is 0.272. The fraction of sp³-hybridized carbons (Fsp3) is 0.857. The molecule has 0 spiro atoms. The molecule has 2 unspecified atom stereocenters. The number of carbonyl (C=O) groups excluding carboxylic acids is 2. The average molecular weight is 266 g/mol. The van der Waals surface area contributed by atoms with Gasteiger partial charge in [0.15, 0.2) is 0 Å². The van der Waals surface area contributed by atoms with Crippen molar-refractivity contribution in [2.75, 3.05) is 26.2 Å². The highest BCUT2D eigenvalue weighted by atomic mass is 16.5. The van der Waals surface area contributed by atoms with E-state index >= 15 is 0 Å². The summed E-state index contributed by atoms with van der Waals surface area (Å²) < 4.78 is 5.58. The van der Waals surface area contributed by atoms with Crippen molar-refractivity contribution in [3.05, 3.63) is 0 Å². The van der Waals surface area contributed by atoms with Gasteiger partial charge in [-0.2, -0.15) is 0 Å². The Labute approximate surface area is 113 Å². The highest BCUT2D eigenvalue weighted by Crippen LogP contribution is 2.24. The van der Waals surface area contributed by atoms with Crippen LogP contribution in [0.4, 0.5) is 0 Å². The Kier molecular flexibility index (Phi) is 3.73. The van der Waals surface area contributed by atoms with Crippen molar-refractivity contribution >= 4 is 11.8 Å². The topological polar surface area (TPSA) is 49.9 Å². The molecule has 3 rings (SSSR count). The predicted molar refractivity (Wildman–Crippen MR) is 69.5 cm³/mol. The van der Waals surface area contributed by atoms with Gasteiger partial charge >= 0.3 is 0 Å². The fourth-order valence-corrected chi connectivity index (χ4v) is 3.39. The molecule has 2 amide bonds. The molecule has 0 bridgehead atoms. The molecular weight excluding hydrogens is 244 g/mol. The number of hydrogen-bond acceptors (Lipinski definition) is 3. The van der Waals surface area contributed by atoms with Crippen molar-refractivity contribution in [3.8, 4) is 0 Å². The monoisotopic (exact) mass is 266 g/mol. The molecule has 106 valence electrons. The molecular formula is C14H22N2O3. The van der Waals surface area contributed by atoms with Crippen LogP contribution in [0.15, 0.2) is 0 Å². The van der Waals surface area contributed by atoms with E-state index in [0.717, 1.165) is 51.7 Å². The molecule has 3 aliphatic rings. The Hall–Kier alpha value is -1.10. The van der Waals surface area contributed by atoms with Gasteiger partial charge in [-0.3, -0.25) is 9.59 Å². The zero-order valence-corrected chi connectivity index (χ0v) is 11.3. The molecule has 0 aliphatic carbocycles. The molecule has 2 atom stereocenters. The molecule has 3 saturated heterocycles. The maximum atomic E-state index is 12.4. The molecule has 5 heteroatoms. The van der Waals surface area contributed by atoms with Crippen LogP contribution in [0.25, 0.3) is 0 Å². The first-order chi connectivity index (χ1) is 9.25. The lowest BCUT2D eigenvalue weighted by Gasteiger charge is -2.42. The number of ether oxygens (including phenoxy) is 1. The number of carbonyl (C=O) groups is 2. The van der Waals surface area contributed by atoms with E-state index < -0.39 is 0 Å². The normalized spacial score (nSPS) is 31.8. The van der Waals surface area contributed by atoms with Crippen LogP contribution in [-0.4, -0.2) is 60.0 Å². The lowest BCUT2D eigenvalue weighted by Crippen LogP contribution is -2.61. The Morgan fingerprint density at radius 2 is 2.05 bits per heavy atom. The van der Waals surface area contributed by atoms with E-state index in [1.165, 1.54) is 0 Å². The van der Waals surface area contributed by atoms with E-state index in [2.05, 4.69) is 0 Å². The van der Waals surface area contributed by atoms with Crippen LogP contribution < -0.4 is 0 Å². The summed E-state index contributed by atoms with van der Waals surface area (Å²) in [5, 5.41) is 0. The molecule has 0 N–H and O–H groups in total. The molecule has 3 heterocycles. The molecule has 0 aromatic rings. The number of fused-ring (bicyclic) bond motifs is 1. The molecule has 3 aliphatic heterocycles. The smallest absolute Gasteiger partial charge is 0.245 e. The van der Waals surface area contributed by atoms with Crippen molar-refractivity contribution < 1.29 is 14.3 Å². The second kappa shape index (κ2) is 5.49. The summed E-state index contributed by atoms with van der Waals surface area (Å²) in [6.07, 6.45) is 6.28. The molecule has 0 radical (unpaired) electrons. The van der Waals surface area contributed by atoms with Gasteiger partial charge in [-0.05, 0) is 38.5 Å². The third-order valence-corrected chi connectivity index (χ3v) is 4.49. The van der Waals surface area contributed by atoms with Crippen LogP contribution in [0, 0.1) is 0 Å². The van der Waals surface area contributed by atoms with Gasteiger partial charge in [-0.1, -0.05) is 0 Å². The lowest BCUT2D eigenvalue weighted by molar-refractivity contribution is -0.158. The van der Waals surface area contributed by atoms with Crippen LogP contribution in [0.1, 0.15) is 38.5 Å². The summed E-state index contributed by atoms with van der Waals surface area (Å²) in [6.45, 7) is 2.53. The van der Waals surface area contributed by atoms with Crippen molar-refractivity contribution in [2.45, 2.75) is 50.7 Å². The Morgan fingerprint density at radius 1 is 1.16 bits per heavy atom. The summed E-state index contributed by atoms with van der Waals surface area (Å²) in [5.41, 5.74) is 0. The summed E-state index contributed by atoms with van der Waals surface area (Å²) in [7, 11) is 0. The Morgan fingerprint density at radius 3 is 2.84 bits per heavy atom. The SMILES string of the molecule is O=C1C2CCCCN2C(=O)CN1CCC1CCCO1. The van der Waals surface area contributed by atoms with E-state index in [0.29, 0.717) is 6.54 Å². The molecule has 3 fully saturated rings. The Bertz CT molecular complexity index is 366. The third kappa shape index (κ3) is 2.61. The van der Waals surface area contributed by atoms with E-state index in [4.69, 9.17) is 4.74 Å². The van der Waals surface area contributed by atoms with Gasteiger partial charge < -0.3 is 14.5 Å². The quantitative estimate of drug-likeness (QED) is 0.758. The average Bonchev–Trinajstić information content (AvgIpc) is 2.95. The third-order valence-electron chi connectivity index (χ3n) is 4.49. The molecule has 0 saturated carbocycles. The van der Waals surface area contributed by atoms with E-state index in [1.54, 1.807) is 9.80 Å². The zero-order valence-electron chi connectivity index (χ0n) is 11.3. The standard InChI is InChI=1S/C14H22N2O3/c17-13-10-15(8-6-11-4-3-9-19-11)14(18)12-5-1-2-7-16(12)13/h11-12H,1-10H2. The minimum absolute atomic E-state index is 0.122. The van der Waals surface area contributed by atoms with Gasteiger partial charge in [0.2, 0.25) is 11.8 Å². The van der Waals surface area contributed by atoms with Crippen molar-refractivity contribution in [1.29, 1.82) is 0 Å². The largest absolute Gasteiger partial charge is 0.378 e. The minimum Gasteiger partial charge on any atom is -0.378 e. The van der Waals surface area contributed by atoms with Crippen LogP contribution in [-0.2, 0) is 14.3 Å². The zero-order chi connectivity index (χ0) is 13.2. The number of piperazine rings is 1. The maximum absolute atomic E-state index is 12.4. The number of nitrogens with zero attached hydrogens (tertiary/aromatic N) is 2. The summed E-state index contributed by atoms with van der Waals surface area (Å²) >= 11 is 0. The predicted octanol–water partition coefficient (Wildman–Crippen LogP) is 0.779. The number of amides is 2. The molecule has 5 nitrogen and oxygen atoms in total. The van der Waals surface area contributed by atoms with Crippen LogP contribution >= 0.6 is 0 Å². The van der Waals surface area contributed by atoms with Crippen molar-refractivity contribution in [1.82, 2.24) is 9.80 Å². The number of piperidine rings is 1. The van der Waals surface area contributed by atoms with Crippen molar-refractivity contribution in [2.24, 2.45) is 0 Å². The summed E-state index contributed by atoms with van der Waals surface area (Å²) in [6, 6.07) is -0.181. The first-order valence-corrected chi connectivity index (χ1v) is 7.45. The van der Waals surface area contributed by atoms with Gasteiger partial charge in [0, 0.05) is 19.7 Å². The van der Waals surface area contributed by atoms with Crippen LogP contribution in [0.2, 0.25) is 0 Å². The van der Waals surface area contributed by atoms with Crippen molar-refractivity contribution in [3.63, 3.8) is 0 Å². The lowest BCUT2D eigenvalue weighted by atomic mass is 9.98. The number of hydrogen-bond donors (Lipinski definition) is 0. The van der Waals surface area contributed by atoms with Crippen LogP contribution in [0.3, 0.4) is 0 Å². The maximum Gasteiger partial charge on any atom is 0.245 e. The second-order valence-electron chi connectivity index (χ2n) is 5.78. The first kappa shape index (κ1) is 12.9. The highest BCUT2D eigenvalue weighted by Gasteiger charge is 2.40. The molecule has 0 aromatic heterocycles.